The van der Waals surface area contributed by atoms with Gasteiger partial charge in [0.2, 0.25) is 0 Å². The van der Waals surface area contributed by atoms with Crippen molar-refractivity contribution in [1.29, 1.82) is 0 Å². The number of anilines is 1. The number of carbonyl (C=O) groups is 1. The van der Waals surface area contributed by atoms with Crippen molar-refractivity contribution in [3.8, 4) is 23.0 Å². The topological polar surface area (TPSA) is 111 Å². The van der Waals surface area contributed by atoms with Crippen LogP contribution in [0.25, 0.3) is 0 Å². The minimum atomic E-state index is -0.635. The number of amides is 2. The summed E-state index contributed by atoms with van der Waals surface area (Å²) < 4.78 is 5.04. The lowest BCUT2D eigenvalue weighted by Gasteiger charge is -2.10. The van der Waals surface area contributed by atoms with Crippen LogP contribution in [-0.2, 0) is 6.54 Å². The summed E-state index contributed by atoms with van der Waals surface area (Å²) in [5.74, 6) is -0.955. The third kappa shape index (κ3) is 3.72. The lowest BCUT2D eigenvalue weighted by molar-refractivity contribution is 0.251. The first-order valence-corrected chi connectivity index (χ1v) is 6.42. The van der Waals surface area contributed by atoms with E-state index in [2.05, 4.69) is 10.6 Å². The largest absolute Gasteiger partial charge is 0.504 e. The Kier molecular flexibility index (Phi) is 4.57. The van der Waals surface area contributed by atoms with Crippen molar-refractivity contribution in [2.24, 2.45) is 0 Å². The second-order valence-corrected chi connectivity index (χ2v) is 4.52. The third-order valence-corrected chi connectivity index (χ3v) is 2.94. The number of phenolic OH excluding ortho intramolecular Hbond substituents is 3. The molecule has 5 N–H and O–H groups in total. The molecule has 2 amide bonds. The molecule has 2 aromatic carbocycles. The van der Waals surface area contributed by atoms with E-state index in [0.29, 0.717) is 6.54 Å². The zero-order valence-corrected chi connectivity index (χ0v) is 11.8. The Bertz CT molecular complexity index is 647. The highest BCUT2D eigenvalue weighted by Crippen LogP contribution is 2.37. The molecular formula is C15H16N2O5. The second kappa shape index (κ2) is 6.57. The van der Waals surface area contributed by atoms with Gasteiger partial charge in [-0.15, -0.1) is 0 Å². The number of ether oxygens (including phenoxy) is 1. The summed E-state index contributed by atoms with van der Waals surface area (Å²) in [5.41, 5.74) is 1.03. The van der Waals surface area contributed by atoms with Crippen LogP contribution in [0.15, 0.2) is 36.4 Å². The molecular weight excluding hydrogens is 288 g/mol. The van der Waals surface area contributed by atoms with Crippen molar-refractivity contribution >= 4 is 11.7 Å². The van der Waals surface area contributed by atoms with Crippen molar-refractivity contribution in [2.45, 2.75) is 6.54 Å². The first-order chi connectivity index (χ1) is 10.5. The maximum Gasteiger partial charge on any atom is 0.319 e. The van der Waals surface area contributed by atoms with Crippen LogP contribution in [0.5, 0.6) is 23.0 Å². The summed E-state index contributed by atoms with van der Waals surface area (Å²) in [6.07, 6.45) is 0. The Morgan fingerprint density at radius 3 is 2.23 bits per heavy atom. The molecule has 0 bridgehead atoms. The van der Waals surface area contributed by atoms with Crippen molar-refractivity contribution in [1.82, 2.24) is 5.32 Å². The Morgan fingerprint density at radius 1 is 1.09 bits per heavy atom. The number of phenols is 3. The van der Waals surface area contributed by atoms with Crippen molar-refractivity contribution in [2.75, 3.05) is 12.4 Å². The first-order valence-electron chi connectivity index (χ1n) is 6.42. The lowest BCUT2D eigenvalue weighted by atomic mass is 10.2. The van der Waals surface area contributed by atoms with Crippen LogP contribution < -0.4 is 15.4 Å². The van der Waals surface area contributed by atoms with Gasteiger partial charge in [-0.3, -0.25) is 0 Å². The number of nitrogens with one attached hydrogen (secondary N) is 2. The predicted octanol–water partition coefficient (Wildman–Crippen LogP) is 2.13. The van der Waals surface area contributed by atoms with E-state index in [4.69, 9.17) is 4.74 Å². The SMILES string of the molecule is COc1ccc(CNC(=O)Nc2cc(O)c(O)c(O)c2)cc1. The zero-order valence-electron chi connectivity index (χ0n) is 11.8. The molecule has 7 nitrogen and oxygen atoms in total. The summed E-state index contributed by atoms with van der Waals surface area (Å²) in [7, 11) is 1.57. The average molecular weight is 304 g/mol. The van der Waals surface area contributed by atoms with Crippen LogP contribution in [0.4, 0.5) is 10.5 Å². The maximum absolute atomic E-state index is 11.7. The molecule has 0 aliphatic rings. The summed E-state index contributed by atoms with van der Waals surface area (Å²) in [6.45, 7) is 0.297. The predicted molar refractivity (Wildman–Crippen MR) is 80.3 cm³/mol. The molecule has 0 aromatic heterocycles. The Labute approximate surface area is 126 Å². The first kappa shape index (κ1) is 15.3. The van der Waals surface area contributed by atoms with Crippen LogP contribution in [0, 0.1) is 0 Å². The van der Waals surface area contributed by atoms with Crippen molar-refractivity contribution in [3.63, 3.8) is 0 Å². The summed E-state index contributed by atoms with van der Waals surface area (Å²) >= 11 is 0. The Hall–Kier alpha value is -3.09. The number of benzene rings is 2. The van der Waals surface area contributed by atoms with Crippen LogP contribution in [0.1, 0.15) is 5.56 Å². The number of methoxy groups -OCH3 is 1. The molecule has 0 unspecified atom stereocenters. The molecule has 22 heavy (non-hydrogen) atoms. The molecule has 0 saturated heterocycles. The second-order valence-electron chi connectivity index (χ2n) is 4.52. The highest BCUT2D eigenvalue weighted by atomic mass is 16.5. The molecule has 7 heteroatoms. The molecule has 0 aliphatic carbocycles. The van der Waals surface area contributed by atoms with Crippen LogP contribution in [0.2, 0.25) is 0 Å². The van der Waals surface area contributed by atoms with Gasteiger partial charge in [0.1, 0.15) is 5.75 Å². The van der Waals surface area contributed by atoms with E-state index in [-0.39, 0.29) is 5.69 Å². The number of hydrogen-bond acceptors (Lipinski definition) is 5. The summed E-state index contributed by atoms with van der Waals surface area (Å²) in [6, 6.07) is 8.94. The molecule has 0 spiro atoms. The fourth-order valence-electron chi connectivity index (χ4n) is 1.78. The van der Waals surface area contributed by atoms with Crippen molar-refractivity contribution in [3.05, 3.63) is 42.0 Å². The molecule has 2 rings (SSSR count). The van der Waals surface area contributed by atoms with E-state index in [9.17, 15) is 20.1 Å². The highest BCUT2D eigenvalue weighted by Gasteiger charge is 2.10. The Balaban J connectivity index is 1.92. The number of rotatable bonds is 4. The normalized spacial score (nSPS) is 10.0. The summed E-state index contributed by atoms with van der Waals surface area (Å²) in [4.78, 5) is 11.7. The Morgan fingerprint density at radius 2 is 1.68 bits per heavy atom. The standard InChI is InChI=1S/C15H16N2O5/c1-22-11-4-2-9(3-5-11)8-16-15(21)17-10-6-12(18)14(20)13(19)7-10/h2-7,18-20H,8H2,1H3,(H2,16,17,21). The number of aromatic hydroxyl groups is 3. The van der Waals surface area contributed by atoms with Gasteiger partial charge < -0.3 is 30.7 Å². The van der Waals surface area contributed by atoms with Gasteiger partial charge >= 0.3 is 6.03 Å². The van der Waals surface area contributed by atoms with Crippen LogP contribution in [0.3, 0.4) is 0 Å². The molecule has 0 saturated carbocycles. The zero-order chi connectivity index (χ0) is 16.1. The number of urea groups is 1. The smallest absolute Gasteiger partial charge is 0.319 e. The van der Waals surface area contributed by atoms with Gasteiger partial charge in [0.15, 0.2) is 17.2 Å². The van der Waals surface area contributed by atoms with E-state index in [1.54, 1.807) is 19.2 Å². The van der Waals surface area contributed by atoms with E-state index in [0.717, 1.165) is 23.4 Å². The lowest BCUT2D eigenvalue weighted by Crippen LogP contribution is -2.28. The number of carbonyl (C=O) groups excluding carboxylic acids is 1. The average Bonchev–Trinajstić information content (AvgIpc) is 2.51. The molecule has 0 atom stereocenters. The van der Waals surface area contributed by atoms with Gasteiger partial charge in [-0.1, -0.05) is 12.1 Å². The van der Waals surface area contributed by atoms with E-state index < -0.39 is 23.3 Å². The molecule has 2 aromatic rings. The minimum Gasteiger partial charge on any atom is -0.504 e. The highest BCUT2D eigenvalue weighted by molar-refractivity contribution is 5.90. The monoisotopic (exact) mass is 304 g/mol. The van der Waals surface area contributed by atoms with Crippen molar-refractivity contribution < 1.29 is 24.9 Å². The van der Waals surface area contributed by atoms with Gasteiger partial charge in [-0.25, -0.2) is 4.79 Å². The van der Waals surface area contributed by atoms with Gasteiger partial charge in [0.25, 0.3) is 0 Å². The van der Waals surface area contributed by atoms with E-state index in [1.165, 1.54) is 0 Å². The molecule has 0 fully saturated rings. The quantitative estimate of drug-likeness (QED) is 0.439. The van der Waals surface area contributed by atoms with Gasteiger partial charge in [0, 0.05) is 18.7 Å². The van der Waals surface area contributed by atoms with Crippen LogP contribution >= 0.6 is 0 Å². The van der Waals surface area contributed by atoms with Crippen LogP contribution in [-0.4, -0.2) is 28.5 Å². The maximum atomic E-state index is 11.7. The van der Waals surface area contributed by atoms with E-state index >= 15 is 0 Å². The number of hydrogen-bond donors (Lipinski definition) is 5. The van der Waals surface area contributed by atoms with Gasteiger partial charge in [-0.2, -0.15) is 0 Å². The molecule has 0 aliphatic heterocycles. The van der Waals surface area contributed by atoms with E-state index in [1.807, 2.05) is 12.1 Å². The van der Waals surface area contributed by atoms with Gasteiger partial charge in [-0.05, 0) is 17.7 Å². The fourth-order valence-corrected chi connectivity index (χ4v) is 1.78. The minimum absolute atomic E-state index is 0.153. The molecule has 0 radical (unpaired) electrons. The molecule has 0 heterocycles. The summed E-state index contributed by atoms with van der Waals surface area (Å²) in [5, 5.41) is 33.0. The fraction of sp³-hybridized carbons (Fsp3) is 0.133. The third-order valence-electron chi connectivity index (χ3n) is 2.94. The molecule has 116 valence electrons. The van der Waals surface area contributed by atoms with Gasteiger partial charge in [0.05, 0.1) is 12.8 Å².